The largest absolute Gasteiger partial charge is 0.399 e. The average molecular weight is 653 g/mol. The predicted octanol–water partition coefficient (Wildman–Crippen LogP) is 11.8. The minimum Gasteiger partial charge on any atom is -0.399 e. The number of anilines is 1. The van der Waals surface area contributed by atoms with Crippen LogP contribution in [0.25, 0.3) is 89.1 Å². The lowest BCUT2D eigenvalue weighted by molar-refractivity contribution is 1.07. The van der Waals surface area contributed by atoms with Gasteiger partial charge in [0.1, 0.15) is 0 Å². The van der Waals surface area contributed by atoms with Crippen molar-refractivity contribution >= 4 is 27.2 Å². The minimum atomic E-state index is 0.636. The van der Waals surface area contributed by atoms with Gasteiger partial charge in [0.25, 0.3) is 0 Å². The summed E-state index contributed by atoms with van der Waals surface area (Å²) in [4.78, 5) is 14.8. The Bertz CT molecular complexity index is 2610. The van der Waals surface area contributed by atoms with Crippen molar-refractivity contribution in [3.05, 3.63) is 182 Å². The standard InChI is InChI=1S/C47H32N4/c48-37-26-23-32(24-27-37)38-29-30-42(41-18-10-9-17-40(38)41)43-28-25-31-11-7-8-16-39(31)44(43)33-19-21-36(22-20-33)47-50-45(34-12-3-1-4-13-34)49-46(51-47)35-14-5-2-6-15-35/h1-30H,48H2. The van der Waals surface area contributed by atoms with Crippen LogP contribution in [0.5, 0.6) is 0 Å². The summed E-state index contributed by atoms with van der Waals surface area (Å²) in [6.45, 7) is 0. The zero-order valence-corrected chi connectivity index (χ0v) is 27.7. The van der Waals surface area contributed by atoms with Crippen LogP contribution in [-0.2, 0) is 0 Å². The Labute approximate surface area is 296 Å². The highest BCUT2D eigenvalue weighted by Crippen LogP contribution is 2.43. The van der Waals surface area contributed by atoms with Crippen LogP contribution >= 0.6 is 0 Å². The lowest BCUT2D eigenvalue weighted by Gasteiger charge is -2.18. The highest BCUT2D eigenvalue weighted by atomic mass is 15.0. The summed E-state index contributed by atoms with van der Waals surface area (Å²) in [5.41, 5.74) is 16.6. The van der Waals surface area contributed by atoms with E-state index in [1.54, 1.807) is 0 Å². The zero-order valence-electron chi connectivity index (χ0n) is 27.7. The molecule has 1 heterocycles. The highest BCUT2D eigenvalue weighted by Gasteiger charge is 2.17. The SMILES string of the molecule is Nc1ccc(-c2ccc(-c3ccc4ccccc4c3-c3ccc(-c4nc(-c5ccccc5)nc(-c5ccccc5)n4)cc3)c3ccccc23)cc1. The van der Waals surface area contributed by atoms with Crippen LogP contribution in [0.4, 0.5) is 5.69 Å². The van der Waals surface area contributed by atoms with Crippen molar-refractivity contribution in [2.45, 2.75) is 0 Å². The number of nitrogens with zero attached hydrogens (tertiary/aromatic N) is 3. The van der Waals surface area contributed by atoms with Crippen LogP contribution in [0, 0.1) is 0 Å². The molecule has 0 aliphatic heterocycles. The summed E-state index contributed by atoms with van der Waals surface area (Å²) in [7, 11) is 0. The Morgan fingerprint density at radius 1 is 0.294 bits per heavy atom. The van der Waals surface area contributed by atoms with Gasteiger partial charge in [0.15, 0.2) is 17.5 Å². The first-order chi connectivity index (χ1) is 25.2. The average Bonchev–Trinajstić information content (AvgIpc) is 3.21. The van der Waals surface area contributed by atoms with Crippen LogP contribution in [0.2, 0.25) is 0 Å². The molecule has 0 fully saturated rings. The number of nitrogen functional groups attached to an aromatic ring is 1. The fourth-order valence-electron chi connectivity index (χ4n) is 6.98. The molecule has 0 aliphatic carbocycles. The second-order valence-electron chi connectivity index (χ2n) is 12.7. The van der Waals surface area contributed by atoms with E-state index in [9.17, 15) is 0 Å². The molecule has 0 atom stereocenters. The molecular formula is C47H32N4. The van der Waals surface area contributed by atoms with E-state index in [1.807, 2.05) is 72.8 Å². The van der Waals surface area contributed by atoms with Crippen molar-refractivity contribution in [1.82, 2.24) is 15.0 Å². The summed E-state index contributed by atoms with van der Waals surface area (Å²) >= 11 is 0. The van der Waals surface area contributed by atoms with E-state index < -0.39 is 0 Å². The van der Waals surface area contributed by atoms with E-state index in [2.05, 4.69) is 109 Å². The van der Waals surface area contributed by atoms with Gasteiger partial charge in [-0.3, -0.25) is 0 Å². The van der Waals surface area contributed by atoms with Gasteiger partial charge in [-0.15, -0.1) is 0 Å². The van der Waals surface area contributed by atoms with Gasteiger partial charge in [-0.2, -0.15) is 0 Å². The van der Waals surface area contributed by atoms with Crippen LogP contribution in [0.15, 0.2) is 182 Å². The maximum absolute atomic E-state index is 6.03. The van der Waals surface area contributed by atoms with Crippen molar-refractivity contribution in [2.75, 3.05) is 5.73 Å². The zero-order chi connectivity index (χ0) is 34.1. The molecule has 0 saturated heterocycles. The molecule has 0 aliphatic rings. The minimum absolute atomic E-state index is 0.636. The summed E-state index contributed by atoms with van der Waals surface area (Å²) in [6.07, 6.45) is 0. The number of fused-ring (bicyclic) bond motifs is 2. The van der Waals surface area contributed by atoms with Gasteiger partial charge >= 0.3 is 0 Å². The second kappa shape index (κ2) is 12.8. The number of hydrogen-bond donors (Lipinski definition) is 1. The second-order valence-corrected chi connectivity index (χ2v) is 12.7. The maximum atomic E-state index is 6.03. The summed E-state index contributed by atoms with van der Waals surface area (Å²) in [5.74, 6) is 1.93. The summed E-state index contributed by atoms with van der Waals surface area (Å²) < 4.78 is 0. The molecule has 0 unspecified atom stereocenters. The molecule has 240 valence electrons. The van der Waals surface area contributed by atoms with Gasteiger partial charge in [0.05, 0.1) is 0 Å². The molecule has 1 aromatic heterocycles. The molecule has 8 aromatic carbocycles. The Kier molecular flexibility index (Phi) is 7.60. The number of aromatic nitrogens is 3. The fraction of sp³-hybridized carbons (Fsp3) is 0. The molecular weight excluding hydrogens is 621 g/mol. The van der Waals surface area contributed by atoms with Crippen molar-refractivity contribution in [3.63, 3.8) is 0 Å². The summed E-state index contributed by atoms with van der Waals surface area (Å²) in [5, 5.41) is 4.80. The van der Waals surface area contributed by atoms with Crippen molar-refractivity contribution in [2.24, 2.45) is 0 Å². The molecule has 0 spiro atoms. The maximum Gasteiger partial charge on any atom is 0.164 e. The lowest BCUT2D eigenvalue weighted by atomic mass is 9.86. The van der Waals surface area contributed by atoms with Gasteiger partial charge in [-0.1, -0.05) is 170 Å². The molecule has 0 saturated carbocycles. The van der Waals surface area contributed by atoms with Crippen molar-refractivity contribution in [1.29, 1.82) is 0 Å². The Hall–Kier alpha value is -6.91. The fourth-order valence-corrected chi connectivity index (χ4v) is 6.98. The highest BCUT2D eigenvalue weighted by molar-refractivity contribution is 6.11. The topological polar surface area (TPSA) is 64.7 Å². The lowest BCUT2D eigenvalue weighted by Crippen LogP contribution is -2.00. The third-order valence-corrected chi connectivity index (χ3v) is 9.50. The van der Waals surface area contributed by atoms with E-state index in [-0.39, 0.29) is 0 Å². The Morgan fingerprint density at radius 3 is 1.33 bits per heavy atom. The molecule has 9 rings (SSSR count). The van der Waals surface area contributed by atoms with E-state index in [0.717, 1.165) is 33.5 Å². The first kappa shape index (κ1) is 30.2. The quantitative estimate of drug-likeness (QED) is 0.182. The number of rotatable bonds is 6. The molecule has 4 heteroatoms. The van der Waals surface area contributed by atoms with Crippen LogP contribution in [-0.4, -0.2) is 15.0 Å². The van der Waals surface area contributed by atoms with Crippen LogP contribution < -0.4 is 5.73 Å². The third-order valence-electron chi connectivity index (χ3n) is 9.50. The van der Waals surface area contributed by atoms with E-state index in [0.29, 0.717) is 17.5 Å². The van der Waals surface area contributed by atoms with Crippen LogP contribution in [0.3, 0.4) is 0 Å². The van der Waals surface area contributed by atoms with Gasteiger partial charge < -0.3 is 5.73 Å². The van der Waals surface area contributed by atoms with Crippen LogP contribution in [0.1, 0.15) is 0 Å². The van der Waals surface area contributed by atoms with Crippen molar-refractivity contribution in [3.8, 4) is 67.5 Å². The molecule has 51 heavy (non-hydrogen) atoms. The predicted molar refractivity (Wildman–Crippen MR) is 212 cm³/mol. The van der Waals surface area contributed by atoms with Gasteiger partial charge in [0, 0.05) is 22.4 Å². The van der Waals surface area contributed by atoms with Crippen molar-refractivity contribution < 1.29 is 0 Å². The van der Waals surface area contributed by atoms with Gasteiger partial charge in [0.2, 0.25) is 0 Å². The Morgan fingerprint density at radius 2 is 0.725 bits per heavy atom. The van der Waals surface area contributed by atoms with E-state index in [1.165, 1.54) is 43.8 Å². The molecule has 9 aromatic rings. The first-order valence-corrected chi connectivity index (χ1v) is 17.1. The van der Waals surface area contributed by atoms with Gasteiger partial charge in [-0.05, 0) is 67.1 Å². The van der Waals surface area contributed by atoms with E-state index in [4.69, 9.17) is 20.7 Å². The first-order valence-electron chi connectivity index (χ1n) is 17.1. The molecule has 2 N–H and O–H groups in total. The smallest absolute Gasteiger partial charge is 0.164 e. The number of hydrogen-bond acceptors (Lipinski definition) is 4. The number of nitrogens with two attached hydrogens (primary N) is 1. The van der Waals surface area contributed by atoms with E-state index >= 15 is 0 Å². The molecule has 0 bridgehead atoms. The molecule has 0 radical (unpaired) electrons. The third kappa shape index (κ3) is 5.69. The molecule has 4 nitrogen and oxygen atoms in total. The van der Waals surface area contributed by atoms with Gasteiger partial charge in [-0.25, -0.2) is 15.0 Å². The Balaban J connectivity index is 1.19. The number of benzene rings is 8. The summed E-state index contributed by atoms with van der Waals surface area (Å²) in [6, 6.07) is 63.2. The molecule has 0 amide bonds. The normalized spacial score (nSPS) is 11.2. The monoisotopic (exact) mass is 652 g/mol.